The Kier molecular flexibility index (Phi) is 7.55. The van der Waals surface area contributed by atoms with Gasteiger partial charge in [-0.2, -0.15) is 0 Å². The van der Waals surface area contributed by atoms with Gasteiger partial charge in [0.15, 0.2) is 15.9 Å². The van der Waals surface area contributed by atoms with E-state index < -0.39 is 23.5 Å². The van der Waals surface area contributed by atoms with Gasteiger partial charge in [-0.05, 0) is 61.4 Å². The highest BCUT2D eigenvalue weighted by Crippen LogP contribution is 2.44. The summed E-state index contributed by atoms with van der Waals surface area (Å²) in [7, 11) is 0. The van der Waals surface area contributed by atoms with Crippen molar-refractivity contribution in [2.45, 2.75) is 30.0 Å². The number of anilines is 1. The molecule has 8 nitrogen and oxygen atoms in total. The average molecular weight is 568 g/mol. The van der Waals surface area contributed by atoms with Crippen LogP contribution in [0.1, 0.15) is 40.4 Å². The Balaban J connectivity index is 1.48. The van der Waals surface area contributed by atoms with Gasteiger partial charge in [0.2, 0.25) is 10.9 Å². The minimum Gasteiger partial charge on any atom is -0.503 e. The predicted octanol–water partition coefficient (Wildman–Crippen LogP) is 6.57. The lowest BCUT2D eigenvalue weighted by atomic mass is 9.95. The van der Waals surface area contributed by atoms with E-state index in [0.717, 1.165) is 5.56 Å². The van der Waals surface area contributed by atoms with Gasteiger partial charge in [-0.15, -0.1) is 10.2 Å². The molecular formula is C27H22ClN3O5S2. The van der Waals surface area contributed by atoms with Crippen molar-refractivity contribution in [2.75, 3.05) is 11.5 Å². The second-order valence-electron chi connectivity index (χ2n) is 8.35. The predicted molar refractivity (Wildman–Crippen MR) is 146 cm³/mol. The zero-order valence-electron chi connectivity index (χ0n) is 20.4. The highest BCUT2D eigenvalue weighted by atomic mass is 35.5. The largest absolute Gasteiger partial charge is 0.503 e. The van der Waals surface area contributed by atoms with E-state index in [1.165, 1.54) is 34.1 Å². The van der Waals surface area contributed by atoms with Crippen LogP contribution in [-0.4, -0.2) is 33.6 Å². The van der Waals surface area contributed by atoms with Crippen LogP contribution in [0, 0.1) is 6.92 Å². The number of carbonyl (C=O) groups is 2. The number of furan rings is 1. The first-order valence-corrected chi connectivity index (χ1v) is 13.8. The number of halogens is 1. The molecule has 194 valence electrons. The van der Waals surface area contributed by atoms with E-state index in [2.05, 4.69) is 10.2 Å². The Hall–Kier alpha value is -3.60. The van der Waals surface area contributed by atoms with Crippen molar-refractivity contribution < 1.29 is 23.8 Å². The molecule has 11 heteroatoms. The van der Waals surface area contributed by atoms with Crippen LogP contribution < -0.4 is 9.64 Å². The fraction of sp³-hybridized carbons (Fsp3) is 0.185. The third kappa shape index (κ3) is 5.20. The molecule has 38 heavy (non-hydrogen) atoms. The number of nitrogens with zero attached hydrogens (tertiary/aromatic N) is 3. The smallest absolute Gasteiger partial charge is 0.296 e. The number of aromatic nitrogens is 2. The number of thioether (sulfide) groups is 1. The van der Waals surface area contributed by atoms with E-state index in [4.69, 9.17) is 20.8 Å². The number of ether oxygens (including phenoxy) is 1. The van der Waals surface area contributed by atoms with Gasteiger partial charge in [0.25, 0.3) is 5.91 Å². The van der Waals surface area contributed by atoms with Crippen molar-refractivity contribution in [2.24, 2.45) is 0 Å². The van der Waals surface area contributed by atoms with E-state index in [9.17, 15) is 14.7 Å². The number of aryl methyl sites for hydroxylation is 1. The molecule has 0 saturated heterocycles. The lowest BCUT2D eigenvalue weighted by Gasteiger charge is -2.24. The summed E-state index contributed by atoms with van der Waals surface area (Å²) in [5.74, 6) is -0.106. The number of carbonyl (C=O) groups excluding carboxylic acids is 2. The summed E-state index contributed by atoms with van der Waals surface area (Å²) in [4.78, 5) is 28.1. The molecule has 1 N–H and O–H groups in total. The Morgan fingerprint density at radius 2 is 1.87 bits per heavy atom. The van der Waals surface area contributed by atoms with Gasteiger partial charge in [-0.1, -0.05) is 59.0 Å². The molecule has 5 rings (SSSR count). The Morgan fingerprint density at radius 1 is 1.13 bits per heavy atom. The number of aliphatic hydroxyl groups excluding tert-OH is 1. The van der Waals surface area contributed by atoms with Crippen molar-refractivity contribution in [1.82, 2.24) is 10.2 Å². The maximum absolute atomic E-state index is 13.5. The topological polar surface area (TPSA) is 106 Å². The Bertz CT molecular complexity index is 1510. The maximum atomic E-state index is 13.5. The van der Waals surface area contributed by atoms with Gasteiger partial charge in [0, 0.05) is 10.8 Å². The normalized spacial score (nSPS) is 15.4. The number of benzene rings is 2. The number of amides is 1. The second kappa shape index (κ2) is 11.0. The SMILES string of the molecule is CCOc1ccc(C2C(C(=O)c3ccc(C)o3)=C(O)C(=O)N2c2nnc(SCc3ccc(Cl)cc3)s2)cc1. The first kappa shape index (κ1) is 26.0. The molecule has 1 aliphatic heterocycles. The zero-order valence-corrected chi connectivity index (χ0v) is 22.8. The number of hydrogen-bond acceptors (Lipinski definition) is 9. The highest BCUT2D eigenvalue weighted by Gasteiger charge is 2.46. The third-order valence-corrected chi connectivity index (χ3v) is 8.18. The van der Waals surface area contributed by atoms with Gasteiger partial charge in [-0.3, -0.25) is 14.5 Å². The van der Waals surface area contributed by atoms with E-state index in [0.29, 0.717) is 38.8 Å². The minimum absolute atomic E-state index is 0.0334. The molecule has 1 amide bonds. The summed E-state index contributed by atoms with van der Waals surface area (Å²) in [5, 5.41) is 20.3. The number of Topliss-reactive ketones (excluding diaryl/α,β-unsaturated/α-hetero) is 1. The summed E-state index contributed by atoms with van der Waals surface area (Å²) in [5.41, 5.74) is 1.57. The van der Waals surface area contributed by atoms with Crippen LogP contribution in [-0.2, 0) is 10.5 Å². The molecule has 0 bridgehead atoms. The van der Waals surface area contributed by atoms with Gasteiger partial charge < -0.3 is 14.3 Å². The van der Waals surface area contributed by atoms with Gasteiger partial charge in [0.1, 0.15) is 11.5 Å². The fourth-order valence-corrected chi connectivity index (χ4v) is 5.99. The lowest BCUT2D eigenvalue weighted by Crippen LogP contribution is -2.31. The summed E-state index contributed by atoms with van der Waals surface area (Å²) < 4.78 is 11.7. The first-order valence-electron chi connectivity index (χ1n) is 11.7. The van der Waals surface area contributed by atoms with Gasteiger partial charge in [0.05, 0.1) is 18.2 Å². The van der Waals surface area contributed by atoms with E-state index >= 15 is 0 Å². The molecule has 0 spiro atoms. The number of ketones is 1. The maximum Gasteiger partial charge on any atom is 0.296 e. The number of rotatable bonds is 9. The Labute approximate surface area is 231 Å². The van der Waals surface area contributed by atoms with Crippen molar-refractivity contribution in [3.8, 4) is 5.75 Å². The van der Waals surface area contributed by atoms with Crippen molar-refractivity contribution in [3.05, 3.63) is 99.7 Å². The summed E-state index contributed by atoms with van der Waals surface area (Å²) in [6, 6.07) is 16.8. The van der Waals surface area contributed by atoms with Crippen LogP contribution >= 0.6 is 34.7 Å². The average Bonchev–Trinajstić information content (AvgIpc) is 3.63. The lowest BCUT2D eigenvalue weighted by molar-refractivity contribution is -0.117. The van der Waals surface area contributed by atoms with Crippen molar-refractivity contribution >= 4 is 51.5 Å². The van der Waals surface area contributed by atoms with Crippen molar-refractivity contribution in [3.63, 3.8) is 0 Å². The molecule has 1 atom stereocenters. The fourth-order valence-electron chi connectivity index (χ4n) is 4.04. The quantitative estimate of drug-likeness (QED) is 0.138. The summed E-state index contributed by atoms with van der Waals surface area (Å²) in [6.07, 6.45) is 0. The standard InChI is InChI=1S/C27H22ClN3O5S2/c1-3-35-19-11-7-17(8-12-19)22-21(23(32)20-13-4-15(2)36-20)24(33)25(34)31(22)26-29-30-27(38-26)37-14-16-5-9-18(28)10-6-16/h4-13,22,33H,3,14H2,1-2H3. The molecule has 4 aromatic rings. The molecule has 0 radical (unpaired) electrons. The van der Waals surface area contributed by atoms with Gasteiger partial charge in [-0.25, -0.2) is 0 Å². The van der Waals surface area contributed by atoms with E-state index in [1.54, 1.807) is 37.3 Å². The van der Waals surface area contributed by atoms with E-state index in [-0.39, 0.29) is 16.5 Å². The van der Waals surface area contributed by atoms with Crippen LogP contribution in [0.2, 0.25) is 5.02 Å². The molecule has 2 aromatic heterocycles. The molecule has 0 fully saturated rings. The monoisotopic (exact) mass is 567 g/mol. The molecule has 1 aliphatic rings. The minimum atomic E-state index is -0.932. The highest BCUT2D eigenvalue weighted by molar-refractivity contribution is 8.00. The van der Waals surface area contributed by atoms with Gasteiger partial charge >= 0.3 is 0 Å². The zero-order chi connectivity index (χ0) is 26.8. The summed E-state index contributed by atoms with van der Waals surface area (Å²) >= 11 is 8.63. The number of aliphatic hydroxyl groups is 1. The van der Waals surface area contributed by atoms with Crippen LogP contribution in [0.25, 0.3) is 0 Å². The Morgan fingerprint density at radius 3 is 2.53 bits per heavy atom. The molecular weight excluding hydrogens is 546 g/mol. The van der Waals surface area contributed by atoms with E-state index in [1.807, 2.05) is 31.2 Å². The molecule has 1 unspecified atom stereocenters. The molecule has 3 heterocycles. The van der Waals surface area contributed by atoms with Crippen molar-refractivity contribution in [1.29, 1.82) is 0 Å². The molecule has 0 aliphatic carbocycles. The second-order valence-corrected chi connectivity index (χ2v) is 11.0. The number of hydrogen-bond donors (Lipinski definition) is 1. The van der Waals surface area contributed by atoms with Crippen LogP contribution in [0.5, 0.6) is 5.75 Å². The first-order chi connectivity index (χ1) is 18.4. The van der Waals surface area contributed by atoms with Crippen LogP contribution in [0.3, 0.4) is 0 Å². The van der Waals surface area contributed by atoms with Crippen LogP contribution in [0.4, 0.5) is 5.13 Å². The molecule has 0 saturated carbocycles. The molecule has 2 aromatic carbocycles. The third-order valence-electron chi connectivity index (χ3n) is 5.80. The van der Waals surface area contributed by atoms with Crippen LogP contribution in [0.15, 0.2) is 80.8 Å². The summed E-state index contributed by atoms with van der Waals surface area (Å²) in [6.45, 7) is 4.09.